The molecule has 0 spiro atoms. The Balaban J connectivity index is 1.79. The van der Waals surface area contributed by atoms with Crippen LogP contribution in [-0.4, -0.2) is 36.6 Å². The molecule has 6 heteroatoms. The van der Waals surface area contributed by atoms with E-state index in [1.807, 2.05) is 13.1 Å². The predicted molar refractivity (Wildman–Crippen MR) is 68.7 cm³/mol. The molecule has 1 saturated carbocycles. The van der Waals surface area contributed by atoms with E-state index in [-0.39, 0.29) is 11.8 Å². The van der Waals surface area contributed by atoms with Crippen LogP contribution in [0.5, 0.6) is 0 Å². The molecule has 1 heterocycles. The first kappa shape index (κ1) is 13.3. The summed E-state index contributed by atoms with van der Waals surface area (Å²) in [6.45, 7) is 0. The SMILES string of the molecule is Cn1nccc1CCS(=O)CC1(CC(=O)O)CC1. The third-order valence-corrected chi connectivity index (χ3v) is 5.05. The van der Waals surface area contributed by atoms with Gasteiger partial charge in [0.1, 0.15) is 0 Å². The molecule has 5 nitrogen and oxygen atoms in total. The normalized spacial score (nSPS) is 18.5. The number of carboxylic acid groups (broad SMARTS) is 1. The quantitative estimate of drug-likeness (QED) is 0.801. The van der Waals surface area contributed by atoms with Gasteiger partial charge in [0.25, 0.3) is 0 Å². The lowest BCUT2D eigenvalue weighted by Crippen LogP contribution is -2.19. The summed E-state index contributed by atoms with van der Waals surface area (Å²) in [4.78, 5) is 10.7. The molecular weight excluding hydrogens is 252 g/mol. The van der Waals surface area contributed by atoms with Crippen molar-refractivity contribution in [3.63, 3.8) is 0 Å². The fraction of sp³-hybridized carbons (Fsp3) is 0.667. The second-order valence-corrected chi connectivity index (χ2v) is 6.63. The summed E-state index contributed by atoms with van der Waals surface area (Å²) in [6.07, 6.45) is 4.41. The van der Waals surface area contributed by atoms with Crippen LogP contribution in [0.4, 0.5) is 0 Å². The molecule has 1 N–H and O–H groups in total. The minimum atomic E-state index is -0.941. The number of hydrogen-bond donors (Lipinski definition) is 1. The van der Waals surface area contributed by atoms with Gasteiger partial charge in [-0.3, -0.25) is 13.7 Å². The highest BCUT2D eigenvalue weighted by Gasteiger charge is 2.45. The molecule has 0 bridgehead atoms. The maximum absolute atomic E-state index is 12.0. The van der Waals surface area contributed by atoms with Crippen LogP contribution in [0.25, 0.3) is 0 Å². The highest BCUT2D eigenvalue weighted by molar-refractivity contribution is 7.85. The van der Waals surface area contributed by atoms with Gasteiger partial charge in [0.05, 0.1) is 6.42 Å². The Labute approximate surface area is 109 Å². The topological polar surface area (TPSA) is 72.2 Å². The molecule has 0 amide bonds. The first-order valence-electron chi connectivity index (χ1n) is 6.04. The van der Waals surface area contributed by atoms with Crippen molar-refractivity contribution in [2.75, 3.05) is 11.5 Å². The molecule has 1 aromatic rings. The van der Waals surface area contributed by atoms with Gasteiger partial charge in [-0.15, -0.1) is 0 Å². The highest BCUT2D eigenvalue weighted by atomic mass is 32.2. The molecule has 1 aromatic heterocycles. The van der Waals surface area contributed by atoms with Crippen molar-refractivity contribution in [3.8, 4) is 0 Å². The van der Waals surface area contributed by atoms with Crippen LogP contribution in [0.1, 0.15) is 25.0 Å². The lowest BCUT2D eigenvalue weighted by Gasteiger charge is -2.11. The lowest BCUT2D eigenvalue weighted by atomic mass is 10.1. The standard InChI is InChI=1S/C12H18N2O3S/c1-14-10(2-6-13-14)3-7-18(17)9-12(4-5-12)8-11(15)16/h2,6H,3-5,7-9H2,1H3,(H,15,16). The van der Waals surface area contributed by atoms with Crippen molar-refractivity contribution >= 4 is 16.8 Å². The number of aryl methyl sites for hydroxylation is 2. The van der Waals surface area contributed by atoms with Crippen LogP contribution in [0, 0.1) is 5.41 Å². The minimum absolute atomic E-state index is 0.157. The van der Waals surface area contributed by atoms with Crippen molar-refractivity contribution in [1.82, 2.24) is 9.78 Å². The third-order valence-electron chi connectivity index (χ3n) is 3.46. The molecule has 1 unspecified atom stereocenters. The van der Waals surface area contributed by atoms with Crippen molar-refractivity contribution in [1.29, 1.82) is 0 Å². The molecular formula is C12H18N2O3S. The zero-order valence-corrected chi connectivity index (χ0v) is 11.3. The van der Waals surface area contributed by atoms with Gasteiger partial charge in [-0.25, -0.2) is 0 Å². The van der Waals surface area contributed by atoms with Gasteiger partial charge in [0.15, 0.2) is 0 Å². The molecule has 0 aliphatic heterocycles. The van der Waals surface area contributed by atoms with Crippen LogP contribution in [0.2, 0.25) is 0 Å². The fourth-order valence-corrected chi connectivity index (χ4v) is 3.80. The van der Waals surface area contributed by atoms with Gasteiger partial charge >= 0.3 is 5.97 Å². The van der Waals surface area contributed by atoms with Crippen LogP contribution in [-0.2, 0) is 29.1 Å². The van der Waals surface area contributed by atoms with Gasteiger partial charge in [-0.2, -0.15) is 5.10 Å². The number of hydrogen-bond acceptors (Lipinski definition) is 3. The first-order valence-corrected chi connectivity index (χ1v) is 7.53. The summed E-state index contributed by atoms with van der Waals surface area (Å²) in [7, 11) is 0.925. The molecule has 1 atom stereocenters. The molecule has 2 rings (SSSR count). The van der Waals surface area contributed by atoms with Crippen molar-refractivity contribution in [3.05, 3.63) is 18.0 Å². The highest BCUT2D eigenvalue weighted by Crippen LogP contribution is 2.49. The second kappa shape index (κ2) is 5.22. The van der Waals surface area contributed by atoms with Crippen molar-refractivity contribution in [2.45, 2.75) is 25.7 Å². The van der Waals surface area contributed by atoms with Gasteiger partial charge in [-0.05, 0) is 24.3 Å². The Morgan fingerprint density at radius 2 is 2.33 bits per heavy atom. The van der Waals surface area contributed by atoms with E-state index < -0.39 is 16.8 Å². The molecule has 18 heavy (non-hydrogen) atoms. The zero-order valence-electron chi connectivity index (χ0n) is 10.5. The molecule has 0 radical (unpaired) electrons. The van der Waals surface area contributed by atoms with Gasteiger partial charge in [-0.1, -0.05) is 0 Å². The Morgan fingerprint density at radius 3 is 2.83 bits per heavy atom. The third kappa shape index (κ3) is 3.41. The van der Waals surface area contributed by atoms with Gasteiger partial charge in [0, 0.05) is 47.7 Å². The van der Waals surface area contributed by atoms with Crippen molar-refractivity contribution in [2.24, 2.45) is 12.5 Å². The lowest BCUT2D eigenvalue weighted by molar-refractivity contribution is -0.138. The van der Waals surface area contributed by atoms with E-state index >= 15 is 0 Å². The molecule has 1 aliphatic carbocycles. The molecule has 1 aliphatic rings. The van der Waals surface area contributed by atoms with Crippen molar-refractivity contribution < 1.29 is 14.1 Å². The number of aliphatic carboxylic acids is 1. The molecule has 1 fully saturated rings. The van der Waals surface area contributed by atoms with Crippen LogP contribution in [0.3, 0.4) is 0 Å². The minimum Gasteiger partial charge on any atom is -0.481 e. The number of aromatic nitrogens is 2. The van der Waals surface area contributed by atoms with E-state index in [4.69, 9.17) is 5.11 Å². The smallest absolute Gasteiger partial charge is 0.303 e. The Kier molecular flexibility index (Phi) is 3.85. The predicted octanol–water partition coefficient (Wildman–Crippen LogP) is 0.966. The maximum atomic E-state index is 12.0. The van der Waals surface area contributed by atoms with E-state index in [1.54, 1.807) is 10.9 Å². The largest absolute Gasteiger partial charge is 0.481 e. The number of carboxylic acids is 1. The number of rotatable bonds is 7. The van der Waals surface area contributed by atoms with Gasteiger partial charge in [0.2, 0.25) is 0 Å². The second-order valence-electron chi connectivity index (χ2n) is 5.05. The Hall–Kier alpha value is -1.17. The summed E-state index contributed by atoms with van der Waals surface area (Å²) in [5, 5.41) is 12.9. The van der Waals surface area contributed by atoms with E-state index in [1.165, 1.54) is 0 Å². The van der Waals surface area contributed by atoms with Crippen LogP contribution in [0.15, 0.2) is 12.3 Å². The summed E-state index contributed by atoms with van der Waals surface area (Å²) in [6, 6.07) is 1.92. The molecule has 0 aromatic carbocycles. The van der Waals surface area contributed by atoms with Gasteiger partial charge < -0.3 is 5.11 Å². The first-order chi connectivity index (χ1) is 8.51. The summed E-state index contributed by atoms with van der Waals surface area (Å²) in [5.74, 6) is 0.328. The fourth-order valence-electron chi connectivity index (χ4n) is 2.15. The average molecular weight is 270 g/mol. The summed E-state index contributed by atoms with van der Waals surface area (Å²) < 4.78 is 13.8. The summed E-state index contributed by atoms with van der Waals surface area (Å²) >= 11 is 0. The average Bonchev–Trinajstić information content (AvgIpc) is 2.87. The Bertz CT molecular complexity index is 466. The summed E-state index contributed by atoms with van der Waals surface area (Å²) in [5.41, 5.74) is 0.884. The number of nitrogens with zero attached hydrogens (tertiary/aromatic N) is 2. The molecule has 0 saturated heterocycles. The zero-order chi connectivity index (χ0) is 13.2. The molecule has 100 valence electrons. The van der Waals surface area contributed by atoms with Crippen LogP contribution < -0.4 is 0 Å². The number of carbonyl (C=O) groups is 1. The monoisotopic (exact) mass is 270 g/mol. The van der Waals surface area contributed by atoms with E-state index in [9.17, 15) is 9.00 Å². The van der Waals surface area contributed by atoms with Crippen LogP contribution >= 0.6 is 0 Å². The maximum Gasteiger partial charge on any atom is 0.303 e. The van der Waals surface area contributed by atoms with E-state index in [0.29, 0.717) is 11.5 Å². The van der Waals surface area contributed by atoms with E-state index in [0.717, 1.165) is 25.0 Å². The Morgan fingerprint density at radius 1 is 1.61 bits per heavy atom. The van der Waals surface area contributed by atoms with E-state index in [2.05, 4.69) is 5.10 Å².